The molecular weight excluding hydrogens is 192 g/mol. The van der Waals surface area contributed by atoms with Crippen LogP contribution >= 0.6 is 0 Å². The van der Waals surface area contributed by atoms with Crippen LogP contribution in [0.4, 0.5) is 0 Å². The third kappa shape index (κ3) is 3.49. The summed E-state index contributed by atoms with van der Waals surface area (Å²) in [7, 11) is 0. The third-order valence-electron chi connectivity index (χ3n) is 2.57. The molecule has 0 saturated carbocycles. The van der Waals surface area contributed by atoms with E-state index in [0.29, 0.717) is 0 Å². The fourth-order valence-electron chi connectivity index (χ4n) is 1.24. The van der Waals surface area contributed by atoms with Crippen LogP contribution < -0.4 is 0 Å². The summed E-state index contributed by atoms with van der Waals surface area (Å²) < 4.78 is 0. The lowest BCUT2D eigenvalue weighted by atomic mass is 9.76. The van der Waals surface area contributed by atoms with E-state index in [9.17, 15) is 0 Å². The summed E-state index contributed by atoms with van der Waals surface area (Å²) >= 11 is 0. The molecular formula is C8H18O6. The Morgan fingerprint density at radius 3 is 1.50 bits per heavy atom. The van der Waals surface area contributed by atoms with E-state index in [1.807, 2.05) is 0 Å². The van der Waals surface area contributed by atoms with Crippen LogP contribution in [-0.2, 0) is 0 Å². The average Bonchev–Trinajstić information content (AvgIpc) is 2.05. The van der Waals surface area contributed by atoms with Gasteiger partial charge >= 0.3 is 0 Å². The molecule has 1 atom stereocenters. The molecule has 0 radical (unpaired) electrons. The molecule has 0 fully saturated rings. The highest BCUT2D eigenvalue weighted by atomic mass is 16.7. The van der Waals surface area contributed by atoms with Crippen LogP contribution in [0.3, 0.4) is 0 Å². The summed E-state index contributed by atoms with van der Waals surface area (Å²) in [6.07, 6.45) is -0.464. The number of rotatable bonds is 6. The summed E-state index contributed by atoms with van der Waals surface area (Å²) in [6.45, 7) is -0.0220. The average molecular weight is 210 g/mol. The van der Waals surface area contributed by atoms with E-state index in [1.165, 1.54) is 6.92 Å². The molecule has 6 N–H and O–H groups in total. The summed E-state index contributed by atoms with van der Waals surface area (Å²) in [5.74, 6) is -3.51. The van der Waals surface area contributed by atoms with Gasteiger partial charge in [-0.15, -0.1) is 0 Å². The number of aliphatic hydroxyl groups is 6. The molecule has 0 bridgehead atoms. The Balaban J connectivity index is 4.52. The van der Waals surface area contributed by atoms with E-state index >= 15 is 0 Å². The Morgan fingerprint density at radius 2 is 1.29 bits per heavy atom. The molecule has 0 heterocycles. The first-order chi connectivity index (χ1) is 6.31. The first kappa shape index (κ1) is 13.8. The van der Waals surface area contributed by atoms with Gasteiger partial charge in [0.2, 0.25) is 0 Å². The first-order valence-corrected chi connectivity index (χ1v) is 4.31. The van der Waals surface area contributed by atoms with Gasteiger partial charge in [0.1, 0.15) is 0 Å². The Morgan fingerprint density at radius 1 is 0.929 bits per heavy atom. The van der Waals surface area contributed by atoms with Crippen molar-refractivity contribution in [2.45, 2.75) is 19.3 Å². The maximum atomic E-state index is 8.98. The van der Waals surface area contributed by atoms with Gasteiger partial charge in [0.15, 0.2) is 0 Å². The molecule has 0 aromatic heterocycles. The van der Waals surface area contributed by atoms with Crippen LogP contribution in [0.15, 0.2) is 0 Å². The number of hydrogen-bond donors (Lipinski definition) is 6. The van der Waals surface area contributed by atoms with E-state index in [1.54, 1.807) is 0 Å². The van der Waals surface area contributed by atoms with E-state index in [0.717, 1.165) is 0 Å². The molecule has 6 heteroatoms. The van der Waals surface area contributed by atoms with Crippen LogP contribution in [-0.4, -0.2) is 56.4 Å². The second kappa shape index (κ2) is 5.01. The highest BCUT2D eigenvalue weighted by molar-refractivity contribution is 4.83. The lowest BCUT2D eigenvalue weighted by Gasteiger charge is -2.35. The Hall–Kier alpha value is -0.240. The lowest BCUT2D eigenvalue weighted by Crippen LogP contribution is -2.44. The van der Waals surface area contributed by atoms with Gasteiger partial charge < -0.3 is 30.6 Å². The van der Waals surface area contributed by atoms with Crippen LogP contribution in [0.25, 0.3) is 0 Å². The van der Waals surface area contributed by atoms with Crippen molar-refractivity contribution in [3.63, 3.8) is 0 Å². The maximum Gasteiger partial charge on any atom is 0.275 e. The molecule has 86 valence electrons. The van der Waals surface area contributed by atoms with Crippen LogP contribution in [0.2, 0.25) is 0 Å². The summed E-state index contributed by atoms with van der Waals surface area (Å²) in [5, 5.41) is 53.0. The van der Waals surface area contributed by atoms with Crippen molar-refractivity contribution < 1.29 is 30.6 Å². The standard InChI is InChI=1S/C8H18O6/c1-6(2-8(12,13)14)7(3-9,4-10)5-11/h6,9-14H,2-5H2,1H3. The molecule has 0 aliphatic rings. The molecule has 0 aliphatic heterocycles. The minimum absolute atomic E-state index is 0.464. The second-order valence-electron chi connectivity index (χ2n) is 3.72. The Labute approximate surface area is 82.1 Å². The van der Waals surface area contributed by atoms with Crippen LogP contribution in [0.5, 0.6) is 0 Å². The van der Waals surface area contributed by atoms with Gasteiger partial charge in [-0.3, -0.25) is 0 Å². The minimum Gasteiger partial charge on any atom is -0.396 e. The van der Waals surface area contributed by atoms with Gasteiger partial charge in [-0.05, 0) is 5.92 Å². The molecule has 14 heavy (non-hydrogen) atoms. The molecule has 0 rings (SSSR count). The molecule has 0 spiro atoms. The third-order valence-corrected chi connectivity index (χ3v) is 2.57. The van der Waals surface area contributed by atoms with Crippen molar-refractivity contribution >= 4 is 0 Å². The number of hydrogen-bond acceptors (Lipinski definition) is 6. The summed E-state index contributed by atoms with van der Waals surface area (Å²) in [4.78, 5) is 0. The van der Waals surface area contributed by atoms with Gasteiger partial charge in [0.25, 0.3) is 5.97 Å². The lowest BCUT2D eigenvalue weighted by molar-refractivity contribution is -0.324. The van der Waals surface area contributed by atoms with Gasteiger partial charge in [0, 0.05) is 11.8 Å². The molecule has 0 aliphatic carbocycles. The smallest absolute Gasteiger partial charge is 0.275 e. The molecule has 0 aromatic rings. The van der Waals surface area contributed by atoms with Crippen molar-refractivity contribution in [1.29, 1.82) is 0 Å². The summed E-state index contributed by atoms with van der Waals surface area (Å²) in [5.41, 5.74) is -1.22. The zero-order valence-corrected chi connectivity index (χ0v) is 8.09. The van der Waals surface area contributed by atoms with Gasteiger partial charge in [-0.2, -0.15) is 0 Å². The molecule has 6 nitrogen and oxygen atoms in total. The van der Waals surface area contributed by atoms with Crippen molar-refractivity contribution in [2.24, 2.45) is 11.3 Å². The van der Waals surface area contributed by atoms with Gasteiger partial charge in [0.05, 0.1) is 19.8 Å². The molecule has 0 aromatic carbocycles. The highest BCUT2D eigenvalue weighted by Gasteiger charge is 2.38. The SMILES string of the molecule is CC(CC(O)(O)O)C(CO)(CO)CO. The van der Waals surface area contributed by atoms with Crippen LogP contribution in [0, 0.1) is 11.3 Å². The first-order valence-electron chi connectivity index (χ1n) is 4.31. The van der Waals surface area contributed by atoms with Crippen molar-refractivity contribution in [3.05, 3.63) is 0 Å². The van der Waals surface area contributed by atoms with E-state index < -0.39 is 43.5 Å². The summed E-state index contributed by atoms with van der Waals surface area (Å²) in [6, 6.07) is 0. The zero-order chi connectivity index (χ0) is 11.4. The zero-order valence-electron chi connectivity index (χ0n) is 8.09. The molecule has 1 unspecified atom stereocenters. The van der Waals surface area contributed by atoms with Crippen molar-refractivity contribution in [1.82, 2.24) is 0 Å². The highest BCUT2D eigenvalue weighted by Crippen LogP contribution is 2.31. The maximum absolute atomic E-state index is 8.98. The predicted molar refractivity (Wildman–Crippen MR) is 46.9 cm³/mol. The topological polar surface area (TPSA) is 121 Å². The number of aliphatic hydroxyl groups excluding tert-OH is 3. The monoisotopic (exact) mass is 210 g/mol. The van der Waals surface area contributed by atoms with Crippen molar-refractivity contribution in [3.8, 4) is 0 Å². The predicted octanol–water partition coefficient (Wildman–Crippen LogP) is -2.39. The second-order valence-corrected chi connectivity index (χ2v) is 3.72. The van der Waals surface area contributed by atoms with Crippen LogP contribution in [0.1, 0.15) is 13.3 Å². The van der Waals surface area contributed by atoms with E-state index in [4.69, 9.17) is 30.6 Å². The fourth-order valence-corrected chi connectivity index (χ4v) is 1.24. The fraction of sp³-hybridized carbons (Fsp3) is 1.00. The van der Waals surface area contributed by atoms with Gasteiger partial charge in [-0.1, -0.05) is 6.92 Å². The Bertz CT molecular complexity index is 151. The van der Waals surface area contributed by atoms with Crippen molar-refractivity contribution in [2.75, 3.05) is 19.8 Å². The largest absolute Gasteiger partial charge is 0.396 e. The van der Waals surface area contributed by atoms with E-state index in [2.05, 4.69) is 0 Å². The Kier molecular flexibility index (Phi) is 4.93. The van der Waals surface area contributed by atoms with E-state index in [-0.39, 0.29) is 0 Å². The van der Waals surface area contributed by atoms with Gasteiger partial charge in [-0.25, -0.2) is 0 Å². The molecule has 0 amide bonds. The quantitative estimate of drug-likeness (QED) is 0.272. The minimum atomic E-state index is -2.86. The normalized spacial score (nSPS) is 15.6. The molecule has 0 saturated heterocycles.